The van der Waals surface area contributed by atoms with Crippen LogP contribution in [-0.4, -0.2) is 31.5 Å². The highest BCUT2D eigenvalue weighted by atomic mass is 16.5. The second-order valence-corrected chi connectivity index (χ2v) is 5.26. The van der Waals surface area contributed by atoms with Gasteiger partial charge in [0.05, 0.1) is 13.7 Å². The van der Waals surface area contributed by atoms with Crippen LogP contribution in [0.15, 0.2) is 18.2 Å². The SMILES string of the molecule is COc1ccc(OCCCCCO)c(CNC2CC2)c1. The van der Waals surface area contributed by atoms with Crippen molar-refractivity contribution in [2.45, 2.75) is 44.7 Å². The molecule has 1 fully saturated rings. The van der Waals surface area contributed by atoms with Gasteiger partial charge in [0.25, 0.3) is 0 Å². The number of unbranched alkanes of at least 4 members (excludes halogenated alkanes) is 2. The van der Waals surface area contributed by atoms with E-state index < -0.39 is 0 Å². The van der Waals surface area contributed by atoms with E-state index in [1.165, 1.54) is 12.8 Å². The average molecular weight is 279 g/mol. The minimum Gasteiger partial charge on any atom is -0.497 e. The number of hydrogen-bond donors (Lipinski definition) is 2. The first-order valence-electron chi connectivity index (χ1n) is 7.47. The number of benzene rings is 1. The van der Waals surface area contributed by atoms with Gasteiger partial charge in [-0.2, -0.15) is 0 Å². The van der Waals surface area contributed by atoms with Crippen LogP contribution in [0.2, 0.25) is 0 Å². The monoisotopic (exact) mass is 279 g/mol. The molecular formula is C16H25NO3. The summed E-state index contributed by atoms with van der Waals surface area (Å²) in [6, 6.07) is 6.63. The van der Waals surface area contributed by atoms with Crippen molar-refractivity contribution in [3.63, 3.8) is 0 Å². The summed E-state index contributed by atoms with van der Waals surface area (Å²) in [4.78, 5) is 0. The summed E-state index contributed by atoms with van der Waals surface area (Å²) in [6.45, 7) is 1.79. The molecule has 0 radical (unpaired) electrons. The zero-order chi connectivity index (χ0) is 14.2. The van der Waals surface area contributed by atoms with E-state index in [0.717, 1.165) is 42.9 Å². The number of aliphatic hydroxyl groups excluding tert-OH is 1. The third-order valence-corrected chi connectivity index (χ3v) is 3.49. The van der Waals surface area contributed by atoms with Gasteiger partial charge in [-0.25, -0.2) is 0 Å². The van der Waals surface area contributed by atoms with E-state index in [-0.39, 0.29) is 6.61 Å². The summed E-state index contributed by atoms with van der Waals surface area (Å²) in [6.07, 6.45) is 5.38. The molecule has 20 heavy (non-hydrogen) atoms. The fraction of sp³-hybridized carbons (Fsp3) is 0.625. The van der Waals surface area contributed by atoms with Crippen LogP contribution in [0.25, 0.3) is 0 Å². The van der Waals surface area contributed by atoms with E-state index in [1.54, 1.807) is 7.11 Å². The normalized spacial score (nSPS) is 14.3. The fourth-order valence-corrected chi connectivity index (χ4v) is 2.08. The van der Waals surface area contributed by atoms with Crippen molar-refractivity contribution in [1.82, 2.24) is 5.32 Å². The molecule has 1 aromatic carbocycles. The predicted octanol–water partition coefficient (Wildman–Crippen LogP) is 2.49. The van der Waals surface area contributed by atoms with Gasteiger partial charge in [0, 0.05) is 24.8 Å². The lowest BCUT2D eigenvalue weighted by molar-refractivity contribution is 0.265. The molecule has 0 spiro atoms. The van der Waals surface area contributed by atoms with Crippen LogP contribution in [0.1, 0.15) is 37.7 Å². The second kappa shape index (κ2) is 8.12. The lowest BCUT2D eigenvalue weighted by atomic mass is 10.2. The van der Waals surface area contributed by atoms with Crippen molar-refractivity contribution in [3.05, 3.63) is 23.8 Å². The quantitative estimate of drug-likeness (QED) is 0.646. The van der Waals surface area contributed by atoms with Crippen molar-refractivity contribution < 1.29 is 14.6 Å². The molecule has 2 rings (SSSR count). The Balaban J connectivity index is 1.87. The average Bonchev–Trinajstić information content (AvgIpc) is 3.30. The van der Waals surface area contributed by atoms with Crippen molar-refractivity contribution in [3.8, 4) is 11.5 Å². The first kappa shape index (κ1) is 15.1. The molecule has 1 aromatic rings. The van der Waals surface area contributed by atoms with E-state index in [1.807, 2.05) is 18.2 Å². The van der Waals surface area contributed by atoms with Crippen molar-refractivity contribution in [2.24, 2.45) is 0 Å². The maximum Gasteiger partial charge on any atom is 0.124 e. The predicted molar refractivity (Wildman–Crippen MR) is 79.3 cm³/mol. The lowest BCUT2D eigenvalue weighted by Crippen LogP contribution is -2.16. The molecule has 1 saturated carbocycles. The molecule has 0 bridgehead atoms. The molecule has 4 nitrogen and oxygen atoms in total. The molecule has 0 aliphatic heterocycles. The fourth-order valence-electron chi connectivity index (χ4n) is 2.08. The zero-order valence-electron chi connectivity index (χ0n) is 12.2. The van der Waals surface area contributed by atoms with Gasteiger partial charge in [0.15, 0.2) is 0 Å². The summed E-state index contributed by atoms with van der Waals surface area (Å²) in [5.74, 6) is 1.80. The Labute approximate surface area is 121 Å². The van der Waals surface area contributed by atoms with Gasteiger partial charge in [0.2, 0.25) is 0 Å². The van der Waals surface area contributed by atoms with Crippen LogP contribution in [0, 0.1) is 0 Å². The van der Waals surface area contributed by atoms with Crippen LogP contribution < -0.4 is 14.8 Å². The van der Waals surface area contributed by atoms with E-state index in [4.69, 9.17) is 14.6 Å². The Hall–Kier alpha value is -1.26. The summed E-state index contributed by atoms with van der Waals surface area (Å²) in [7, 11) is 1.68. The van der Waals surface area contributed by atoms with Gasteiger partial charge in [-0.15, -0.1) is 0 Å². The Morgan fingerprint density at radius 3 is 2.80 bits per heavy atom. The molecule has 2 N–H and O–H groups in total. The standard InChI is InChI=1S/C16H25NO3/c1-19-15-7-8-16(20-10-4-2-3-9-18)13(11-15)12-17-14-5-6-14/h7-8,11,14,17-18H,2-6,9-10,12H2,1H3. The summed E-state index contributed by atoms with van der Waals surface area (Å²) in [5.41, 5.74) is 1.15. The lowest BCUT2D eigenvalue weighted by Gasteiger charge is -2.13. The summed E-state index contributed by atoms with van der Waals surface area (Å²) < 4.78 is 11.1. The summed E-state index contributed by atoms with van der Waals surface area (Å²) >= 11 is 0. The second-order valence-electron chi connectivity index (χ2n) is 5.26. The highest BCUT2D eigenvalue weighted by Gasteiger charge is 2.20. The molecule has 4 heteroatoms. The number of nitrogens with one attached hydrogen (secondary N) is 1. The maximum atomic E-state index is 8.75. The Morgan fingerprint density at radius 1 is 1.25 bits per heavy atom. The van der Waals surface area contributed by atoms with Gasteiger partial charge in [-0.3, -0.25) is 0 Å². The Kier molecular flexibility index (Phi) is 6.15. The number of ether oxygens (including phenoxy) is 2. The molecule has 1 aliphatic rings. The smallest absolute Gasteiger partial charge is 0.124 e. The zero-order valence-corrected chi connectivity index (χ0v) is 12.2. The van der Waals surface area contributed by atoms with Crippen molar-refractivity contribution in [2.75, 3.05) is 20.3 Å². The van der Waals surface area contributed by atoms with Crippen LogP contribution in [-0.2, 0) is 6.54 Å². The first-order chi connectivity index (χ1) is 9.83. The van der Waals surface area contributed by atoms with Crippen LogP contribution >= 0.6 is 0 Å². The molecule has 0 aromatic heterocycles. The van der Waals surface area contributed by atoms with E-state index in [2.05, 4.69) is 5.32 Å². The number of aliphatic hydroxyl groups is 1. The van der Waals surface area contributed by atoms with Gasteiger partial charge < -0.3 is 19.9 Å². The maximum absolute atomic E-state index is 8.75. The highest BCUT2D eigenvalue weighted by Crippen LogP contribution is 2.26. The van der Waals surface area contributed by atoms with E-state index in [0.29, 0.717) is 12.6 Å². The van der Waals surface area contributed by atoms with Crippen LogP contribution in [0.3, 0.4) is 0 Å². The Morgan fingerprint density at radius 2 is 2.10 bits per heavy atom. The van der Waals surface area contributed by atoms with Gasteiger partial charge in [-0.1, -0.05) is 0 Å². The van der Waals surface area contributed by atoms with Gasteiger partial charge >= 0.3 is 0 Å². The molecule has 0 saturated heterocycles. The molecule has 112 valence electrons. The third-order valence-electron chi connectivity index (χ3n) is 3.49. The highest BCUT2D eigenvalue weighted by molar-refractivity contribution is 5.40. The van der Waals surface area contributed by atoms with Crippen molar-refractivity contribution in [1.29, 1.82) is 0 Å². The van der Waals surface area contributed by atoms with Crippen LogP contribution in [0.4, 0.5) is 0 Å². The molecular weight excluding hydrogens is 254 g/mol. The third kappa shape index (κ3) is 5.02. The number of methoxy groups -OCH3 is 1. The molecule has 0 heterocycles. The largest absolute Gasteiger partial charge is 0.497 e. The van der Waals surface area contributed by atoms with Crippen molar-refractivity contribution >= 4 is 0 Å². The minimum atomic E-state index is 0.263. The Bertz CT molecular complexity index is 405. The van der Waals surface area contributed by atoms with Crippen LogP contribution in [0.5, 0.6) is 11.5 Å². The molecule has 1 aliphatic carbocycles. The molecule has 0 atom stereocenters. The molecule has 0 amide bonds. The minimum absolute atomic E-state index is 0.263. The topological polar surface area (TPSA) is 50.7 Å². The first-order valence-corrected chi connectivity index (χ1v) is 7.47. The van der Waals surface area contributed by atoms with Gasteiger partial charge in [-0.05, 0) is 50.3 Å². The van der Waals surface area contributed by atoms with E-state index in [9.17, 15) is 0 Å². The molecule has 0 unspecified atom stereocenters. The number of hydrogen-bond acceptors (Lipinski definition) is 4. The van der Waals surface area contributed by atoms with Gasteiger partial charge in [0.1, 0.15) is 11.5 Å². The summed E-state index contributed by atoms with van der Waals surface area (Å²) in [5, 5.41) is 12.3. The number of rotatable bonds is 10. The van der Waals surface area contributed by atoms with E-state index >= 15 is 0 Å².